The quantitative estimate of drug-likeness (QED) is 0.438. The molecule has 3 aromatic carbocycles. The van der Waals surface area contributed by atoms with Crippen LogP contribution in [0.4, 0.5) is 0 Å². The molecule has 1 aromatic heterocycles. The van der Waals surface area contributed by atoms with Crippen LogP contribution in [0.15, 0.2) is 104 Å². The summed E-state index contributed by atoms with van der Waals surface area (Å²) in [4.78, 5) is 4.47. The van der Waals surface area contributed by atoms with Gasteiger partial charge in [0.15, 0.2) is 0 Å². The second-order valence-corrected chi connectivity index (χ2v) is 6.43. The third-order valence-corrected chi connectivity index (χ3v) is 4.84. The highest BCUT2D eigenvalue weighted by Gasteiger charge is 2.38. The third-order valence-electron chi connectivity index (χ3n) is 4.84. The highest BCUT2D eigenvalue weighted by molar-refractivity contribution is 5.51. The Balaban J connectivity index is 2.06. The zero-order valence-electron chi connectivity index (χ0n) is 15.4. The van der Waals surface area contributed by atoms with Gasteiger partial charge in [0.05, 0.1) is 6.33 Å². The summed E-state index contributed by atoms with van der Waals surface area (Å²) in [5, 5.41) is 9.02. The first-order chi connectivity index (χ1) is 13.9. The number of hydrogen-bond donors (Lipinski definition) is 1. The van der Waals surface area contributed by atoms with Crippen LogP contribution in [0.1, 0.15) is 22.4 Å². The number of hydrogen-bond acceptors (Lipinski definition) is 2. The van der Waals surface area contributed by atoms with E-state index in [9.17, 15) is 0 Å². The molecular formula is C25H20N2O. The molecule has 0 saturated heterocycles. The van der Waals surface area contributed by atoms with Crippen LogP contribution in [-0.2, 0) is 5.54 Å². The van der Waals surface area contributed by atoms with E-state index in [1.165, 1.54) is 0 Å². The largest absolute Gasteiger partial charge is 0.384 e. The van der Waals surface area contributed by atoms with E-state index in [-0.39, 0.29) is 6.61 Å². The summed E-state index contributed by atoms with van der Waals surface area (Å²) in [6.45, 7) is -0.186. The Labute approximate surface area is 164 Å². The molecule has 0 aliphatic carbocycles. The molecule has 0 bridgehead atoms. The third kappa shape index (κ3) is 3.11. The van der Waals surface area contributed by atoms with Crippen LogP contribution < -0.4 is 0 Å². The molecule has 0 unspecified atom stereocenters. The number of imidazole rings is 1. The maximum absolute atomic E-state index is 9.02. The lowest BCUT2D eigenvalue weighted by molar-refractivity contribution is 0.350. The Morgan fingerprint density at radius 2 is 1.21 bits per heavy atom. The zero-order valence-corrected chi connectivity index (χ0v) is 15.4. The number of nitrogens with zero attached hydrogens (tertiary/aromatic N) is 2. The number of aliphatic hydroxyl groups is 1. The van der Waals surface area contributed by atoms with Gasteiger partial charge in [-0.3, -0.25) is 0 Å². The van der Waals surface area contributed by atoms with E-state index in [0.29, 0.717) is 5.69 Å². The summed E-state index contributed by atoms with van der Waals surface area (Å²) in [5.41, 5.74) is 3.43. The van der Waals surface area contributed by atoms with Gasteiger partial charge in [0.2, 0.25) is 0 Å². The fraction of sp³-hybridized carbons (Fsp3) is 0.0800. The van der Waals surface area contributed by atoms with Crippen molar-refractivity contribution in [2.45, 2.75) is 5.54 Å². The lowest BCUT2D eigenvalue weighted by Gasteiger charge is -2.37. The maximum atomic E-state index is 9.02. The van der Waals surface area contributed by atoms with Crippen molar-refractivity contribution >= 4 is 0 Å². The standard InChI is InChI=1S/C25H20N2O/c28-18-10-17-24-19-27(20-26-24)25(21-11-4-1-5-12-21,22-13-6-2-7-14-22)23-15-8-3-9-16-23/h1-9,11-16,19-20,28H,18H2. The first kappa shape index (κ1) is 17.8. The van der Waals surface area contributed by atoms with Crippen molar-refractivity contribution in [3.63, 3.8) is 0 Å². The van der Waals surface area contributed by atoms with Gasteiger partial charge in [-0.2, -0.15) is 0 Å². The summed E-state index contributed by atoms with van der Waals surface area (Å²) < 4.78 is 2.11. The van der Waals surface area contributed by atoms with E-state index < -0.39 is 5.54 Å². The molecule has 3 nitrogen and oxygen atoms in total. The number of rotatable bonds is 4. The minimum atomic E-state index is -0.587. The van der Waals surface area contributed by atoms with Crippen LogP contribution in [0.3, 0.4) is 0 Å². The Bertz CT molecular complexity index is 994. The fourth-order valence-electron chi connectivity index (χ4n) is 3.69. The van der Waals surface area contributed by atoms with E-state index in [2.05, 4.69) is 94.2 Å². The van der Waals surface area contributed by atoms with Crippen molar-refractivity contribution < 1.29 is 5.11 Å². The normalized spacial score (nSPS) is 10.9. The average molecular weight is 364 g/mol. The van der Waals surface area contributed by atoms with Gasteiger partial charge in [0.1, 0.15) is 17.8 Å². The van der Waals surface area contributed by atoms with Crippen molar-refractivity contribution in [2.24, 2.45) is 0 Å². The van der Waals surface area contributed by atoms with Gasteiger partial charge in [0.25, 0.3) is 0 Å². The highest BCUT2D eigenvalue weighted by Crippen LogP contribution is 2.40. The van der Waals surface area contributed by atoms with Gasteiger partial charge in [-0.05, 0) is 22.6 Å². The van der Waals surface area contributed by atoms with Crippen LogP contribution in [0, 0.1) is 11.8 Å². The van der Waals surface area contributed by atoms with Gasteiger partial charge in [-0.25, -0.2) is 4.98 Å². The van der Waals surface area contributed by atoms with Gasteiger partial charge < -0.3 is 9.67 Å². The molecule has 0 aliphatic rings. The van der Waals surface area contributed by atoms with Gasteiger partial charge in [0, 0.05) is 6.20 Å². The lowest BCUT2D eigenvalue weighted by Crippen LogP contribution is -2.36. The smallest absolute Gasteiger partial charge is 0.131 e. The van der Waals surface area contributed by atoms with Crippen molar-refractivity contribution in [1.29, 1.82) is 0 Å². The summed E-state index contributed by atoms with van der Waals surface area (Å²) in [6.07, 6.45) is 3.75. The molecule has 0 radical (unpaired) electrons. The number of benzene rings is 3. The molecular weight excluding hydrogens is 344 g/mol. The molecule has 0 fully saturated rings. The highest BCUT2D eigenvalue weighted by atomic mass is 16.2. The minimum Gasteiger partial charge on any atom is -0.384 e. The average Bonchev–Trinajstić information content (AvgIpc) is 3.24. The lowest BCUT2D eigenvalue weighted by atomic mass is 9.77. The van der Waals surface area contributed by atoms with Crippen LogP contribution in [0.25, 0.3) is 0 Å². The van der Waals surface area contributed by atoms with Crippen LogP contribution in [0.2, 0.25) is 0 Å². The van der Waals surface area contributed by atoms with Crippen molar-refractivity contribution in [2.75, 3.05) is 6.61 Å². The van der Waals surface area contributed by atoms with Crippen LogP contribution >= 0.6 is 0 Å². The monoisotopic (exact) mass is 364 g/mol. The van der Waals surface area contributed by atoms with Gasteiger partial charge >= 0.3 is 0 Å². The molecule has 0 aliphatic heterocycles. The summed E-state index contributed by atoms with van der Waals surface area (Å²) >= 11 is 0. The molecule has 4 aromatic rings. The van der Waals surface area contributed by atoms with Crippen LogP contribution in [0.5, 0.6) is 0 Å². The Morgan fingerprint density at radius 1 is 0.750 bits per heavy atom. The van der Waals surface area contributed by atoms with E-state index in [0.717, 1.165) is 16.7 Å². The molecule has 1 heterocycles. The van der Waals surface area contributed by atoms with E-state index in [4.69, 9.17) is 5.11 Å². The predicted molar refractivity (Wildman–Crippen MR) is 111 cm³/mol. The minimum absolute atomic E-state index is 0.186. The van der Waals surface area contributed by atoms with Crippen molar-refractivity contribution in [1.82, 2.24) is 9.55 Å². The molecule has 136 valence electrons. The van der Waals surface area contributed by atoms with E-state index >= 15 is 0 Å². The first-order valence-electron chi connectivity index (χ1n) is 9.16. The molecule has 4 rings (SSSR count). The zero-order chi connectivity index (χ0) is 19.2. The second-order valence-electron chi connectivity index (χ2n) is 6.43. The van der Waals surface area contributed by atoms with E-state index in [1.54, 1.807) is 0 Å². The number of aromatic nitrogens is 2. The fourth-order valence-corrected chi connectivity index (χ4v) is 3.69. The van der Waals surface area contributed by atoms with Gasteiger partial charge in [-0.1, -0.05) is 96.9 Å². The predicted octanol–water partition coefficient (Wildman–Crippen LogP) is 4.07. The Hall–Kier alpha value is -3.61. The number of aliphatic hydroxyl groups excluding tert-OH is 1. The van der Waals surface area contributed by atoms with Crippen LogP contribution in [-0.4, -0.2) is 21.3 Å². The summed E-state index contributed by atoms with van der Waals surface area (Å²) in [6, 6.07) is 31.2. The SMILES string of the molecule is OCC#Cc1cn(C(c2ccccc2)(c2ccccc2)c2ccccc2)cn1. The molecule has 0 atom stereocenters. The summed E-state index contributed by atoms with van der Waals surface area (Å²) in [5.74, 6) is 5.59. The molecule has 28 heavy (non-hydrogen) atoms. The summed E-state index contributed by atoms with van der Waals surface area (Å²) in [7, 11) is 0. The molecule has 0 saturated carbocycles. The van der Waals surface area contributed by atoms with E-state index in [1.807, 2.05) is 30.7 Å². The Morgan fingerprint density at radius 3 is 1.64 bits per heavy atom. The second kappa shape index (κ2) is 7.96. The Kier molecular flexibility index (Phi) is 5.05. The van der Waals surface area contributed by atoms with Gasteiger partial charge in [-0.15, -0.1) is 0 Å². The molecule has 1 N–H and O–H groups in total. The molecule has 0 spiro atoms. The molecule has 3 heteroatoms. The topological polar surface area (TPSA) is 38.0 Å². The maximum Gasteiger partial charge on any atom is 0.131 e. The first-order valence-corrected chi connectivity index (χ1v) is 9.16. The molecule has 0 amide bonds. The van der Waals surface area contributed by atoms with Crippen molar-refractivity contribution in [3.05, 3.63) is 126 Å². The van der Waals surface area contributed by atoms with Crippen molar-refractivity contribution in [3.8, 4) is 11.8 Å².